The number of rotatable bonds is 7. The number of fused-ring (bicyclic) bond motifs is 1. The van der Waals surface area contributed by atoms with Gasteiger partial charge in [0.05, 0.1) is 30.8 Å². The first-order valence-corrected chi connectivity index (χ1v) is 11.5. The normalized spacial score (nSPS) is 13.9. The van der Waals surface area contributed by atoms with E-state index in [9.17, 15) is 14.4 Å². The van der Waals surface area contributed by atoms with E-state index in [-0.39, 0.29) is 23.9 Å². The van der Waals surface area contributed by atoms with Gasteiger partial charge in [-0.1, -0.05) is 12.1 Å². The van der Waals surface area contributed by atoms with E-state index in [2.05, 4.69) is 0 Å². The molecule has 0 spiro atoms. The summed E-state index contributed by atoms with van der Waals surface area (Å²) >= 11 is 0. The molecule has 1 aliphatic heterocycles. The van der Waals surface area contributed by atoms with Crippen molar-refractivity contribution in [2.45, 2.75) is 26.4 Å². The third-order valence-electron chi connectivity index (χ3n) is 6.35. The third-order valence-corrected chi connectivity index (χ3v) is 6.35. The average Bonchev–Trinajstić information content (AvgIpc) is 3.16. The first-order chi connectivity index (χ1) is 16.5. The molecule has 4 rings (SSSR count). The fourth-order valence-corrected chi connectivity index (χ4v) is 4.46. The van der Waals surface area contributed by atoms with Crippen molar-refractivity contribution < 1.29 is 19.1 Å². The second-order valence-electron chi connectivity index (χ2n) is 8.16. The molecule has 2 amide bonds. The van der Waals surface area contributed by atoms with Gasteiger partial charge in [0, 0.05) is 51.8 Å². The lowest BCUT2D eigenvalue weighted by Crippen LogP contribution is -2.50. The largest absolute Gasteiger partial charge is 0.497 e. The van der Waals surface area contributed by atoms with Crippen LogP contribution < -0.4 is 15.2 Å². The molecule has 0 atom stereocenters. The van der Waals surface area contributed by atoms with Gasteiger partial charge in [0.1, 0.15) is 11.5 Å². The van der Waals surface area contributed by atoms with Gasteiger partial charge in [-0.05, 0) is 31.2 Å². The van der Waals surface area contributed by atoms with Crippen LogP contribution in [0, 0.1) is 0 Å². The van der Waals surface area contributed by atoms with Crippen molar-refractivity contribution in [2.24, 2.45) is 0 Å². The minimum atomic E-state index is -0.134. The number of carbonyl (C=O) groups is 2. The number of ether oxygens (including phenoxy) is 2. The van der Waals surface area contributed by atoms with Crippen molar-refractivity contribution in [1.29, 1.82) is 0 Å². The first-order valence-electron chi connectivity index (χ1n) is 11.5. The summed E-state index contributed by atoms with van der Waals surface area (Å²) in [7, 11) is 3.08. The van der Waals surface area contributed by atoms with Crippen molar-refractivity contribution in [3.05, 3.63) is 58.5 Å². The summed E-state index contributed by atoms with van der Waals surface area (Å²) in [6, 6.07) is 12.7. The van der Waals surface area contributed by atoms with Crippen LogP contribution in [0.4, 0.5) is 0 Å². The number of amides is 2. The maximum atomic E-state index is 13.0. The van der Waals surface area contributed by atoms with Gasteiger partial charge in [-0.15, -0.1) is 0 Å². The Morgan fingerprint density at radius 1 is 0.882 bits per heavy atom. The number of hydrogen-bond acceptors (Lipinski definition) is 5. The van der Waals surface area contributed by atoms with Crippen LogP contribution in [0.3, 0.4) is 0 Å². The molecule has 0 bridgehead atoms. The van der Waals surface area contributed by atoms with Gasteiger partial charge in [-0.3, -0.25) is 18.7 Å². The van der Waals surface area contributed by atoms with Crippen LogP contribution in [0.5, 0.6) is 11.5 Å². The molecule has 2 aromatic carbocycles. The maximum absolute atomic E-state index is 13.0. The van der Waals surface area contributed by atoms with Gasteiger partial charge in [0.15, 0.2) is 0 Å². The van der Waals surface area contributed by atoms with E-state index in [1.54, 1.807) is 44.2 Å². The monoisotopic (exact) mass is 466 g/mol. The topological polar surface area (TPSA) is 86.0 Å². The number of benzene rings is 2. The maximum Gasteiger partial charge on any atom is 0.329 e. The lowest BCUT2D eigenvalue weighted by atomic mass is 10.1. The van der Waals surface area contributed by atoms with Crippen molar-refractivity contribution in [3.8, 4) is 11.5 Å². The van der Waals surface area contributed by atoms with E-state index in [1.807, 2.05) is 31.2 Å². The second kappa shape index (κ2) is 10.0. The minimum absolute atomic E-state index is 0.0191. The van der Waals surface area contributed by atoms with Crippen LogP contribution in [0.2, 0.25) is 0 Å². The van der Waals surface area contributed by atoms with Crippen molar-refractivity contribution in [2.75, 3.05) is 40.4 Å². The van der Waals surface area contributed by atoms with Gasteiger partial charge >= 0.3 is 5.69 Å². The number of nitrogens with zero attached hydrogens (tertiary/aromatic N) is 4. The Hall–Kier alpha value is -3.75. The molecular formula is C25H30N4O5. The van der Waals surface area contributed by atoms with Gasteiger partial charge in [0.2, 0.25) is 5.91 Å². The Balaban J connectivity index is 1.38. The summed E-state index contributed by atoms with van der Waals surface area (Å²) in [5, 5.41) is 0. The van der Waals surface area contributed by atoms with E-state index < -0.39 is 0 Å². The molecular weight excluding hydrogens is 436 g/mol. The number of hydrogen-bond donors (Lipinski definition) is 0. The Kier molecular flexibility index (Phi) is 6.90. The summed E-state index contributed by atoms with van der Waals surface area (Å²) in [4.78, 5) is 42.2. The Morgan fingerprint density at radius 3 is 2.15 bits per heavy atom. The van der Waals surface area contributed by atoms with E-state index in [1.165, 1.54) is 7.11 Å². The molecule has 0 aliphatic carbocycles. The highest BCUT2D eigenvalue weighted by molar-refractivity contribution is 5.97. The summed E-state index contributed by atoms with van der Waals surface area (Å²) < 4.78 is 14.0. The van der Waals surface area contributed by atoms with Crippen LogP contribution in [0.25, 0.3) is 11.0 Å². The second-order valence-corrected chi connectivity index (χ2v) is 8.16. The first kappa shape index (κ1) is 23.4. The predicted molar refractivity (Wildman–Crippen MR) is 129 cm³/mol. The Morgan fingerprint density at radius 2 is 1.53 bits per heavy atom. The highest BCUT2D eigenvalue weighted by Crippen LogP contribution is 2.26. The number of methoxy groups -OCH3 is 2. The molecule has 1 saturated heterocycles. The Bertz CT molecular complexity index is 1250. The summed E-state index contributed by atoms with van der Waals surface area (Å²) in [5.41, 5.74) is 2.09. The summed E-state index contributed by atoms with van der Waals surface area (Å²) in [6.45, 7) is 4.63. The Labute approximate surface area is 198 Å². The molecule has 34 heavy (non-hydrogen) atoms. The van der Waals surface area contributed by atoms with Crippen LogP contribution in [-0.4, -0.2) is 71.1 Å². The number of aromatic nitrogens is 2. The summed E-state index contributed by atoms with van der Waals surface area (Å²) in [6.07, 6.45) is 0.234. The number of aryl methyl sites for hydroxylation is 2. The molecule has 9 nitrogen and oxygen atoms in total. The number of carbonyl (C=O) groups excluding carboxylic acids is 2. The van der Waals surface area contributed by atoms with Crippen molar-refractivity contribution in [1.82, 2.24) is 18.9 Å². The van der Waals surface area contributed by atoms with Gasteiger partial charge < -0.3 is 19.3 Å². The molecule has 9 heteroatoms. The third kappa shape index (κ3) is 4.37. The van der Waals surface area contributed by atoms with Gasteiger partial charge in [0.25, 0.3) is 5.91 Å². The van der Waals surface area contributed by atoms with Crippen LogP contribution in [-0.2, 0) is 17.9 Å². The highest BCUT2D eigenvalue weighted by atomic mass is 16.5. The zero-order chi connectivity index (χ0) is 24.2. The number of imidazole rings is 1. The van der Waals surface area contributed by atoms with Crippen LogP contribution in [0.15, 0.2) is 47.3 Å². The quantitative estimate of drug-likeness (QED) is 0.533. The smallest absolute Gasteiger partial charge is 0.329 e. The molecule has 180 valence electrons. The fourth-order valence-electron chi connectivity index (χ4n) is 4.46. The SMILES string of the molecule is CCn1c(=O)n(CCC(=O)N2CCN(C(=O)c3ccc(OC)cc3OC)CC2)c2ccccc21. The standard InChI is InChI=1S/C25H30N4O5/c1-4-28-20-7-5-6-8-21(20)29(25(28)32)12-11-23(30)26-13-15-27(16-14-26)24(31)19-10-9-18(33-2)17-22(19)34-3/h5-10,17H,4,11-16H2,1-3H3. The molecule has 0 radical (unpaired) electrons. The zero-order valence-electron chi connectivity index (χ0n) is 19.8. The van der Waals surface area contributed by atoms with E-state index in [0.29, 0.717) is 56.3 Å². The molecule has 1 aromatic heterocycles. The number of para-hydroxylation sites is 2. The lowest BCUT2D eigenvalue weighted by Gasteiger charge is -2.35. The van der Waals surface area contributed by atoms with Crippen molar-refractivity contribution >= 4 is 22.8 Å². The minimum Gasteiger partial charge on any atom is -0.497 e. The number of piperazine rings is 1. The van der Waals surface area contributed by atoms with Crippen molar-refractivity contribution in [3.63, 3.8) is 0 Å². The molecule has 1 aliphatic rings. The van der Waals surface area contributed by atoms with Crippen LogP contribution >= 0.6 is 0 Å². The van der Waals surface area contributed by atoms with Crippen LogP contribution in [0.1, 0.15) is 23.7 Å². The van der Waals surface area contributed by atoms with E-state index in [4.69, 9.17) is 9.47 Å². The molecule has 0 unspecified atom stereocenters. The highest BCUT2D eigenvalue weighted by Gasteiger charge is 2.27. The van der Waals surface area contributed by atoms with Gasteiger partial charge in [-0.25, -0.2) is 4.79 Å². The average molecular weight is 467 g/mol. The fraction of sp³-hybridized carbons (Fsp3) is 0.400. The summed E-state index contributed by atoms with van der Waals surface area (Å²) in [5.74, 6) is 0.921. The molecule has 0 saturated carbocycles. The molecule has 1 fully saturated rings. The lowest BCUT2D eigenvalue weighted by molar-refractivity contribution is -0.132. The van der Waals surface area contributed by atoms with Gasteiger partial charge in [-0.2, -0.15) is 0 Å². The molecule has 2 heterocycles. The molecule has 0 N–H and O–H groups in total. The van der Waals surface area contributed by atoms with E-state index >= 15 is 0 Å². The molecule has 3 aromatic rings. The zero-order valence-corrected chi connectivity index (χ0v) is 19.8. The van der Waals surface area contributed by atoms with E-state index in [0.717, 1.165) is 11.0 Å². The predicted octanol–water partition coefficient (Wildman–Crippen LogP) is 2.21.